The van der Waals surface area contributed by atoms with Gasteiger partial charge in [0.05, 0.1) is 13.0 Å². The molecule has 6 nitrogen and oxygen atoms in total. The van der Waals surface area contributed by atoms with Gasteiger partial charge < -0.3 is 15.0 Å². The van der Waals surface area contributed by atoms with E-state index in [1.165, 1.54) is 7.11 Å². The number of rotatable bonds is 6. The second-order valence-electron chi connectivity index (χ2n) is 5.63. The van der Waals surface area contributed by atoms with Crippen molar-refractivity contribution < 1.29 is 19.1 Å². The van der Waals surface area contributed by atoms with E-state index in [0.717, 1.165) is 12.8 Å². The quantitative estimate of drug-likeness (QED) is 0.817. The molecular formula is C17H22N2O4. The SMILES string of the molecule is CCCCC(=O)Nc1ccc(N2CC(C(=O)OC)CC2=O)cc1. The van der Waals surface area contributed by atoms with Crippen LogP contribution in [0.3, 0.4) is 0 Å². The maximum absolute atomic E-state index is 12.0. The Bertz CT molecular complexity index is 583. The summed E-state index contributed by atoms with van der Waals surface area (Å²) in [5.74, 6) is -0.885. The van der Waals surface area contributed by atoms with Gasteiger partial charge in [0.1, 0.15) is 0 Å². The van der Waals surface area contributed by atoms with Crippen LogP contribution >= 0.6 is 0 Å². The first-order valence-electron chi connectivity index (χ1n) is 7.83. The number of nitrogens with zero attached hydrogens (tertiary/aromatic N) is 1. The number of ether oxygens (including phenoxy) is 1. The summed E-state index contributed by atoms with van der Waals surface area (Å²) in [6.07, 6.45) is 2.51. The third-order valence-corrected chi connectivity index (χ3v) is 3.88. The zero-order valence-corrected chi connectivity index (χ0v) is 13.5. The predicted molar refractivity (Wildman–Crippen MR) is 87.1 cm³/mol. The average Bonchev–Trinajstić information content (AvgIpc) is 2.94. The normalized spacial score (nSPS) is 17.2. The second kappa shape index (κ2) is 7.76. The number of methoxy groups -OCH3 is 1. The number of carbonyl (C=O) groups is 3. The minimum atomic E-state index is -0.416. The molecule has 23 heavy (non-hydrogen) atoms. The van der Waals surface area contributed by atoms with Gasteiger partial charge in [0.25, 0.3) is 0 Å². The zero-order valence-electron chi connectivity index (χ0n) is 13.5. The van der Waals surface area contributed by atoms with E-state index in [2.05, 4.69) is 5.32 Å². The molecule has 1 aliphatic heterocycles. The first-order chi connectivity index (χ1) is 11.0. The fraction of sp³-hybridized carbons (Fsp3) is 0.471. The Balaban J connectivity index is 1.98. The molecule has 0 saturated carbocycles. The molecule has 1 N–H and O–H groups in total. The molecule has 124 valence electrons. The second-order valence-corrected chi connectivity index (χ2v) is 5.63. The lowest BCUT2D eigenvalue weighted by molar-refractivity contribution is -0.145. The topological polar surface area (TPSA) is 75.7 Å². The predicted octanol–water partition coefficient (Wildman–Crippen LogP) is 2.34. The van der Waals surface area contributed by atoms with Crippen LogP contribution in [0.4, 0.5) is 11.4 Å². The van der Waals surface area contributed by atoms with E-state index >= 15 is 0 Å². The van der Waals surface area contributed by atoms with Crippen molar-refractivity contribution in [3.8, 4) is 0 Å². The summed E-state index contributed by atoms with van der Waals surface area (Å²) < 4.78 is 4.70. The summed E-state index contributed by atoms with van der Waals surface area (Å²) in [6, 6.07) is 7.07. The van der Waals surface area contributed by atoms with E-state index < -0.39 is 5.92 Å². The lowest BCUT2D eigenvalue weighted by atomic mass is 10.1. The highest BCUT2D eigenvalue weighted by Gasteiger charge is 2.35. The Morgan fingerprint density at radius 3 is 2.61 bits per heavy atom. The van der Waals surface area contributed by atoms with Crippen LogP contribution in [-0.4, -0.2) is 31.4 Å². The number of benzene rings is 1. The molecule has 1 heterocycles. The van der Waals surface area contributed by atoms with E-state index in [9.17, 15) is 14.4 Å². The maximum atomic E-state index is 12.0. The van der Waals surface area contributed by atoms with Crippen LogP contribution in [0.1, 0.15) is 32.6 Å². The van der Waals surface area contributed by atoms with Gasteiger partial charge in [0, 0.05) is 30.8 Å². The monoisotopic (exact) mass is 318 g/mol. The number of esters is 1. The van der Waals surface area contributed by atoms with Crippen LogP contribution in [0.25, 0.3) is 0 Å². The van der Waals surface area contributed by atoms with Gasteiger partial charge in [0.15, 0.2) is 0 Å². The van der Waals surface area contributed by atoms with Crippen molar-refractivity contribution in [3.63, 3.8) is 0 Å². The summed E-state index contributed by atoms with van der Waals surface area (Å²) in [4.78, 5) is 36.8. The number of anilines is 2. The van der Waals surface area contributed by atoms with E-state index in [1.807, 2.05) is 6.92 Å². The highest BCUT2D eigenvalue weighted by atomic mass is 16.5. The summed E-state index contributed by atoms with van der Waals surface area (Å²) in [5.41, 5.74) is 1.42. The molecule has 1 atom stereocenters. The Labute approximate surface area is 135 Å². The van der Waals surface area contributed by atoms with Crippen molar-refractivity contribution in [1.29, 1.82) is 0 Å². The van der Waals surface area contributed by atoms with Gasteiger partial charge in [0.2, 0.25) is 11.8 Å². The average molecular weight is 318 g/mol. The van der Waals surface area contributed by atoms with E-state index in [-0.39, 0.29) is 24.2 Å². The minimum Gasteiger partial charge on any atom is -0.469 e. The minimum absolute atomic E-state index is 0.0115. The zero-order chi connectivity index (χ0) is 16.8. The molecule has 1 aromatic rings. The van der Waals surface area contributed by atoms with Gasteiger partial charge >= 0.3 is 5.97 Å². The highest BCUT2D eigenvalue weighted by Crippen LogP contribution is 2.26. The van der Waals surface area contributed by atoms with Crippen LogP contribution in [0.2, 0.25) is 0 Å². The first-order valence-corrected chi connectivity index (χ1v) is 7.83. The van der Waals surface area contributed by atoms with Crippen LogP contribution in [0.5, 0.6) is 0 Å². The maximum Gasteiger partial charge on any atom is 0.311 e. The number of nitrogens with one attached hydrogen (secondary N) is 1. The van der Waals surface area contributed by atoms with E-state index in [1.54, 1.807) is 29.2 Å². The number of hydrogen-bond acceptors (Lipinski definition) is 4. The molecule has 1 aromatic carbocycles. The van der Waals surface area contributed by atoms with Crippen molar-refractivity contribution in [2.75, 3.05) is 23.9 Å². The highest BCUT2D eigenvalue weighted by molar-refractivity contribution is 5.99. The molecule has 6 heteroatoms. The van der Waals surface area contributed by atoms with Gasteiger partial charge in [-0.25, -0.2) is 0 Å². The third-order valence-electron chi connectivity index (χ3n) is 3.88. The van der Waals surface area contributed by atoms with Crippen molar-refractivity contribution in [2.24, 2.45) is 5.92 Å². The van der Waals surface area contributed by atoms with E-state index in [0.29, 0.717) is 24.3 Å². The molecule has 2 amide bonds. The third kappa shape index (κ3) is 4.31. The molecule has 1 unspecified atom stereocenters. The van der Waals surface area contributed by atoms with Crippen molar-refractivity contribution in [1.82, 2.24) is 0 Å². The lowest BCUT2D eigenvalue weighted by Gasteiger charge is -2.17. The standard InChI is InChI=1S/C17H22N2O4/c1-3-4-5-15(20)18-13-6-8-14(9-7-13)19-11-12(10-16(19)21)17(22)23-2/h6-9,12H,3-5,10-11H2,1-2H3,(H,18,20). The Morgan fingerprint density at radius 1 is 1.30 bits per heavy atom. The smallest absolute Gasteiger partial charge is 0.311 e. The van der Waals surface area contributed by atoms with Crippen molar-refractivity contribution in [2.45, 2.75) is 32.6 Å². The van der Waals surface area contributed by atoms with Crippen molar-refractivity contribution >= 4 is 29.2 Å². The van der Waals surface area contributed by atoms with Crippen LogP contribution in [0, 0.1) is 5.92 Å². The summed E-state index contributed by atoms with van der Waals surface area (Å²) in [5, 5.41) is 2.83. The van der Waals surface area contributed by atoms with Gasteiger partial charge in [-0.15, -0.1) is 0 Å². The van der Waals surface area contributed by atoms with Crippen LogP contribution in [-0.2, 0) is 19.1 Å². The first kappa shape index (κ1) is 17.0. The molecule has 1 aliphatic rings. The fourth-order valence-corrected chi connectivity index (χ4v) is 2.57. The summed E-state index contributed by atoms with van der Waals surface area (Å²) in [7, 11) is 1.32. The molecule has 2 rings (SSSR count). The number of hydrogen-bond donors (Lipinski definition) is 1. The lowest BCUT2D eigenvalue weighted by Crippen LogP contribution is -2.26. The number of carbonyl (C=O) groups excluding carboxylic acids is 3. The molecule has 0 radical (unpaired) electrons. The molecule has 0 aromatic heterocycles. The van der Waals surface area contributed by atoms with Gasteiger partial charge in [-0.1, -0.05) is 13.3 Å². The Kier molecular flexibility index (Phi) is 5.73. The molecule has 0 bridgehead atoms. The molecule has 1 fully saturated rings. The van der Waals surface area contributed by atoms with Gasteiger partial charge in [-0.2, -0.15) is 0 Å². The van der Waals surface area contributed by atoms with Crippen LogP contribution < -0.4 is 10.2 Å². The van der Waals surface area contributed by atoms with Crippen LogP contribution in [0.15, 0.2) is 24.3 Å². The number of amides is 2. The number of unbranched alkanes of at least 4 members (excludes halogenated alkanes) is 1. The van der Waals surface area contributed by atoms with E-state index in [4.69, 9.17) is 4.74 Å². The molecule has 0 spiro atoms. The largest absolute Gasteiger partial charge is 0.469 e. The molecular weight excluding hydrogens is 296 g/mol. The molecule has 0 aliphatic carbocycles. The van der Waals surface area contributed by atoms with Gasteiger partial charge in [-0.3, -0.25) is 14.4 Å². The fourth-order valence-electron chi connectivity index (χ4n) is 2.57. The Morgan fingerprint density at radius 2 is 2.00 bits per heavy atom. The summed E-state index contributed by atoms with van der Waals surface area (Å²) in [6.45, 7) is 2.37. The Hall–Kier alpha value is -2.37. The molecule has 1 saturated heterocycles. The van der Waals surface area contributed by atoms with Crippen molar-refractivity contribution in [3.05, 3.63) is 24.3 Å². The van der Waals surface area contributed by atoms with Gasteiger partial charge in [-0.05, 0) is 30.7 Å². The summed E-state index contributed by atoms with van der Waals surface area (Å²) >= 11 is 0.